The van der Waals surface area contributed by atoms with E-state index < -0.39 is 36.0 Å². The molecule has 4 nitrogen and oxygen atoms in total. The van der Waals surface area contributed by atoms with Gasteiger partial charge in [0.25, 0.3) is 11.8 Å². The van der Waals surface area contributed by atoms with Gasteiger partial charge in [0.15, 0.2) is 0 Å². The summed E-state index contributed by atoms with van der Waals surface area (Å²) in [4.78, 5) is 16.5. The van der Waals surface area contributed by atoms with Gasteiger partial charge in [-0.2, -0.15) is 13.2 Å². The van der Waals surface area contributed by atoms with E-state index in [4.69, 9.17) is 0 Å². The normalized spacial score (nSPS) is 21.6. The van der Waals surface area contributed by atoms with Crippen molar-refractivity contribution in [2.75, 3.05) is 13.1 Å². The topological polar surface area (TPSA) is 54.0 Å². The molecule has 9 heteroatoms. The van der Waals surface area contributed by atoms with Gasteiger partial charge in [0.1, 0.15) is 5.69 Å². The quantitative estimate of drug-likeness (QED) is 0.704. The van der Waals surface area contributed by atoms with Crippen molar-refractivity contribution in [1.29, 1.82) is 0 Å². The van der Waals surface area contributed by atoms with Gasteiger partial charge in [0.2, 0.25) is 0 Å². The minimum atomic E-state index is -4.60. The van der Waals surface area contributed by atoms with Crippen LogP contribution in [0.3, 0.4) is 0 Å². The van der Waals surface area contributed by atoms with Crippen molar-refractivity contribution >= 4 is 16.8 Å². The number of pyridine rings is 1. The highest BCUT2D eigenvalue weighted by Crippen LogP contribution is 2.44. The van der Waals surface area contributed by atoms with E-state index in [1.165, 1.54) is 6.07 Å². The summed E-state index contributed by atoms with van der Waals surface area (Å²) in [5.41, 5.74) is -0.124. The molecule has 1 aromatic heterocycles. The number of amides is 1. The van der Waals surface area contributed by atoms with Crippen LogP contribution in [0.2, 0.25) is 0 Å². The van der Waals surface area contributed by atoms with Gasteiger partial charge >= 0.3 is 6.18 Å². The largest absolute Gasteiger partial charge is 0.418 e. The smallest absolute Gasteiger partial charge is 0.349 e. The summed E-state index contributed by atoms with van der Waals surface area (Å²) in [6.45, 7) is 1.72. The van der Waals surface area contributed by atoms with E-state index >= 15 is 0 Å². The van der Waals surface area contributed by atoms with Gasteiger partial charge < -0.3 is 10.6 Å². The molecule has 4 rings (SSSR count). The molecule has 30 heavy (non-hydrogen) atoms. The number of nitrogens with one attached hydrogen (secondary N) is 2. The molecule has 1 unspecified atom stereocenters. The predicted octanol–water partition coefficient (Wildman–Crippen LogP) is 4.56. The first-order chi connectivity index (χ1) is 14.0. The molecule has 2 aliphatic rings. The van der Waals surface area contributed by atoms with Crippen molar-refractivity contribution in [1.82, 2.24) is 15.6 Å². The van der Waals surface area contributed by atoms with E-state index in [1.54, 1.807) is 13.0 Å². The molecule has 1 atom stereocenters. The average molecular weight is 427 g/mol. The molecule has 1 saturated heterocycles. The third kappa shape index (κ3) is 4.40. The summed E-state index contributed by atoms with van der Waals surface area (Å²) < 4.78 is 68.1. The lowest BCUT2D eigenvalue weighted by Gasteiger charge is -2.30. The fourth-order valence-electron chi connectivity index (χ4n) is 3.94. The molecule has 2 heterocycles. The van der Waals surface area contributed by atoms with Crippen LogP contribution < -0.4 is 10.6 Å². The highest BCUT2D eigenvalue weighted by molar-refractivity contribution is 5.97. The third-order valence-corrected chi connectivity index (χ3v) is 5.71. The second kappa shape index (κ2) is 7.44. The molecule has 1 aromatic carbocycles. The van der Waals surface area contributed by atoms with Crippen molar-refractivity contribution < 1.29 is 26.7 Å². The van der Waals surface area contributed by atoms with Gasteiger partial charge in [0, 0.05) is 37.4 Å². The number of benzene rings is 1. The van der Waals surface area contributed by atoms with Crippen LogP contribution in [-0.2, 0) is 6.18 Å². The van der Waals surface area contributed by atoms with E-state index in [2.05, 4.69) is 15.6 Å². The maximum Gasteiger partial charge on any atom is 0.418 e. The zero-order valence-electron chi connectivity index (χ0n) is 16.4. The van der Waals surface area contributed by atoms with Crippen molar-refractivity contribution in [2.24, 2.45) is 0 Å². The molecule has 1 aliphatic carbocycles. The lowest BCUT2D eigenvalue weighted by atomic mass is 9.98. The summed E-state index contributed by atoms with van der Waals surface area (Å²) in [6.07, 6.45) is -3.53. The lowest BCUT2D eigenvalue weighted by Crippen LogP contribution is -2.49. The maximum absolute atomic E-state index is 13.7. The van der Waals surface area contributed by atoms with Crippen LogP contribution in [0.1, 0.15) is 58.8 Å². The highest BCUT2D eigenvalue weighted by atomic mass is 19.4. The number of fused-ring (bicyclic) bond motifs is 1. The molecule has 162 valence electrons. The number of aryl methyl sites for hydroxylation is 1. The number of piperidine rings is 1. The van der Waals surface area contributed by atoms with Crippen LogP contribution in [-0.4, -0.2) is 35.9 Å². The van der Waals surface area contributed by atoms with Gasteiger partial charge in [-0.15, -0.1) is 0 Å². The van der Waals surface area contributed by atoms with Gasteiger partial charge in [-0.3, -0.25) is 4.79 Å². The second-order valence-corrected chi connectivity index (χ2v) is 8.23. The SMILES string of the molecule is Cc1cc(C(=O)NCC2CC(F)(F)CCN2)nc2c(C(F)(F)F)cc(C3CC3)cc12. The minimum absolute atomic E-state index is 0.0556. The summed E-state index contributed by atoms with van der Waals surface area (Å²) in [6, 6.07) is 3.69. The monoisotopic (exact) mass is 427 g/mol. The van der Waals surface area contributed by atoms with Gasteiger partial charge in [-0.25, -0.2) is 13.8 Å². The summed E-state index contributed by atoms with van der Waals surface area (Å²) in [5.74, 6) is -3.34. The number of alkyl halides is 5. The van der Waals surface area contributed by atoms with Crippen LogP contribution in [0.5, 0.6) is 0 Å². The average Bonchev–Trinajstić information content (AvgIpc) is 3.49. The maximum atomic E-state index is 13.7. The molecule has 2 aromatic rings. The molecule has 0 bridgehead atoms. The Bertz CT molecular complexity index is 985. The Kier molecular flexibility index (Phi) is 5.20. The number of aromatic nitrogens is 1. The molecule has 1 saturated carbocycles. The number of halogens is 5. The number of hydrogen-bond acceptors (Lipinski definition) is 3. The summed E-state index contributed by atoms with van der Waals surface area (Å²) >= 11 is 0. The van der Waals surface area contributed by atoms with E-state index in [1.807, 2.05) is 0 Å². The predicted molar refractivity (Wildman–Crippen MR) is 102 cm³/mol. The van der Waals surface area contributed by atoms with Crippen molar-refractivity contribution in [3.05, 3.63) is 40.6 Å². The Morgan fingerprint density at radius 3 is 2.63 bits per heavy atom. The zero-order chi connectivity index (χ0) is 21.7. The number of rotatable bonds is 4. The Morgan fingerprint density at radius 2 is 2.00 bits per heavy atom. The van der Waals surface area contributed by atoms with Crippen LogP contribution in [0.25, 0.3) is 10.9 Å². The Labute approximate surface area is 170 Å². The molecular formula is C21H22F5N3O. The van der Waals surface area contributed by atoms with Crippen LogP contribution in [0.15, 0.2) is 18.2 Å². The van der Waals surface area contributed by atoms with Crippen molar-refractivity contribution in [3.8, 4) is 0 Å². The standard InChI is InChI=1S/C21H22F5N3O/c1-11-6-17(19(30)28-10-14-9-20(22,23)4-5-27-14)29-18-15(11)7-13(12-2-3-12)8-16(18)21(24,25)26/h6-8,12,14,27H,2-5,9-10H2,1H3,(H,28,30). The first-order valence-corrected chi connectivity index (χ1v) is 9.95. The molecule has 1 aliphatic heterocycles. The Hall–Kier alpha value is -2.29. The van der Waals surface area contributed by atoms with E-state index in [-0.39, 0.29) is 36.6 Å². The molecule has 0 radical (unpaired) electrons. The minimum Gasteiger partial charge on any atom is -0.349 e. The summed E-state index contributed by atoms with van der Waals surface area (Å²) in [5, 5.41) is 5.80. The van der Waals surface area contributed by atoms with Gasteiger partial charge in [-0.1, -0.05) is 0 Å². The highest BCUT2D eigenvalue weighted by Gasteiger charge is 2.37. The number of carbonyl (C=O) groups is 1. The van der Waals surface area contributed by atoms with Crippen LogP contribution in [0, 0.1) is 6.92 Å². The summed E-state index contributed by atoms with van der Waals surface area (Å²) in [7, 11) is 0. The van der Waals surface area contributed by atoms with Crippen molar-refractivity contribution in [2.45, 2.75) is 56.7 Å². The molecule has 2 N–H and O–H groups in total. The molecule has 1 amide bonds. The molecule has 2 fully saturated rings. The lowest BCUT2D eigenvalue weighted by molar-refractivity contribution is -0.136. The first-order valence-electron chi connectivity index (χ1n) is 9.95. The van der Waals surface area contributed by atoms with E-state index in [0.29, 0.717) is 16.5 Å². The third-order valence-electron chi connectivity index (χ3n) is 5.71. The Morgan fingerprint density at radius 1 is 1.27 bits per heavy atom. The first kappa shape index (κ1) is 21.0. The number of carbonyl (C=O) groups excluding carboxylic acids is 1. The molecule has 0 spiro atoms. The second-order valence-electron chi connectivity index (χ2n) is 8.23. The van der Waals surface area contributed by atoms with Crippen LogP contribution >= 0.6 is 0 Å². The Balaban J connectivity index is 1.61. The van der Waals surface area contributed by atoms with Gasteiger partial charge in [0.05, 0.1) is 11.1 Å². The fourth-order valence-corrected chi connectivity index (χ4v) is 3.94. The van der Waals surface area contributed by atoms with E-state index in [0.717, 1.165) is 18.9 Å². The van der Waals surface area contributed by atoms with Gasteiger partial charge in [-0.05, 0) is 55.0 Å². The van der Waals surface area contributed by atoms with E-state index in [9.17, 15) is 26.7 Å². The van der Waals surface area contributed by atoms with Crippen molar-refractivity contribution in [3.63, 3.8) is 0 Å². The molecular weight excluding hydrogens is 405 g/mol. The zero-order valence-corrected chi connectivity index (χ0v) is 16.4. The van der Waals surface area contributed by atoms with Crippen LogP contribution in [0.4, 0.5) is 22.0 Å². The fraction of sp³-hybridized carbons (Fsp3) is 0.524. The number of hydrogen-bond donors (Lipinski definition) is 2. The number of nitrogens with zero attached hydrogens (tertiary/aromatic N) is 1.